The maximum absolute atomic E-state index is 4.63. The van der Waals surface area contributed by atoms with Gasteiger partial charge in [0.25, 0.3) is 0 Å². The number of fused-ring (bicyclic) bond motifs is 1. The predicted molar refractivity (Wildman–Crippen MR) is 85.6 cm³/mol. The summed E-state index contributed by atoms with van der Waals surface area (Å²) in [4.78, 5) is 4.63. The first-order valence-electron chi connectivity index (χ1n) is 7.38. The van der Waals surface area contributed by atoms with E-state index < -0.39 is 0 Å². The van der Waals surface area contributed by atoms with E-state index in [0.29, 0.717) is 0 Å². The molecule has 0 amide bonds. The van der Waals surface area contributed by atoms with Crippen LogP contribution in [0.4, 0.5) is 0 Å². The molecule has 2 aromatic heterocycles. The molecule has 3 rings (SSSR count). The molecule has 2 heterocycles. The Bertz CT molecular complexity index is 745. The minimum absolute atomic E-state index is 0.847. The van der Waals surface area contributed by atoms with Crippen LogP contribution < -0.4 is 5.32 Å². The Labute approximate surface area is 124 Å². The van der Waals surface area contributed by atoms with Gasteiger partial charge in [0, 0.05) is 24.3 Å². The highest BCUT2D eigenvalue weighted by Gasteiger charge is 2.09. The van der Waals surface area contributed by atoms with Crippen molar-refractivity contribution in [3.8, 4) is 5.82 Å². The summed E-state index contributed by atoms with van der Waals surface area (Å²) in [5, 5.41) is 10.2. The van der Waals surface area contributed by atoms with Crippen molar-refractivity contribution in [2.75, 3.05) is 6.54 Å². The molecule has 0 saturated carbocycles. The van der Waals surface area contributed by atoms with Crippen LogP contribution in [0.15, 0.2) is 42.9 Å². The SMILES string of the molecule is CCCNCc1cnc(-n2cc(C)cn2)c2ccccc12. The fourth-order valence-electron chi connectivity index (χ4n) is 2.49. The van der Waals surface area contributed by atoms with E-state index >= 15 is 0 Å². The summed E-state index contributed by atoms with van der Waals surface area (Å²) >= 11 is 0. The summed E-state index contributed by atoms with van der Waals surface area (Å²) < 4.78 is 1.85. The Morgan fingerprint density at radius 1 is 1.14 bits per heavy atom. The number of benzene rings is 1. The van der Waals surface area contributed by atoms with Gasteiger partial charge >= 0.3 is 0 Å². The second-order valence-corrected chi connectivity index (χ2v) is 5.29. The first-order valence-corrected chi connectivity index (χ1v) is 7.38. The Hall–Kier alpha value is -2.20. The molecule has 0 aliphatic carbocycles. The topological polar surface area (TPSA) is 42.7 Å². The van der Waals surface area contributed by atoms with Gasteiger partial charge in [-0.05, 0) is 36.4 Å². The largest absolute Gasteiger partial charge is 0.313 e. The Balaban J connectivity index is 2.06. The zero-order valence-corrected chi connectivity index (χ0v) is 12.5. The summed E-state index contributed by atoms with van der Waals surface area (Å²) in [5.41, 5.74) is 2.36. The van der Waals surface area contributed by atoms with E-state index in [-0.39, 0.29) is 0 Å². The van der Waals surface area contributed by atoms with Gasteiger partial charge in [-0.25, -0.2) is 9.67 Å². The lowest BCUT2D eigenvalue weighted by Gasteiger charge is -2.11. The summed E-state index contributed by atoms with van der Waals surface area (Å²) in [6, 6.07) is 8.38. The van der Waals surface area contributed by atoms with Gasteiger partial charge in [0.1, 0.15) is 0 Å². The lowest BCUT2D eigenvalue weighted by molar-refractivity contribution is 0.676. The van der Waals surface area contributed by atoms with Crippen molar-refractivity contribution in [1.82, 2.24) is 20.1 Å². The fourth-order valence-corrected chi connectivity index (χ4v) is 2.49. The number of aromatic nitrogens is 3. The van der Waals surface area contributed by atoms with E-state index in [4.69, 9.17) is 0 Å². The lowest BCUT2D eigenvalue weighted by atomic mass is 10.1. The van der Waals surface area contributed by atoms with Crippen LogP contribution in [-0.4, -0.2) is 21.3 Å². The minimum Gasteiger partial charge on any atom is -0.313 e. The lowest BCUT2D eigenvalue weighted by Crippen LogP contribution is -2.14. The van der Waals surface area contributed by atoms with Crippen molar-refractivity contribution in [3.63, 3.8) is 0 Å². The van der Waals surface area contributed by atoms with Crippen molar-refractivity contribution in [2.24, 2.45) is 0 Å². The molecule has 1 aromatic carbocycles. The smallest absolute Gasteiger partial charge is 0.161 e. The van der Waals surface area contributed by atoms with E-state index in [1.807, 2.05) is 36.3 Å². The molecule has 0 spiro atoms. The van der Waals surface area contributed by atoms with Crippen molar-refractivity contribution in [1.29, 1.82) is 0 Å². The van der Waals surface area contributed by atoms with Gasteiger partial charge in [0.15, 0.2) is 5.82 Å². The molecule has 21 heavy (non-hydrogen) atoms. The molecule has 0 atom stereocenters. The standard InChI is InChI=1S/C17H20N4/c1-3-8-18-10-14-11-19-17(21-12-13(2)9-20-21)16-7-5-4-6-15(14)16/h4-7,9,11-12,18H,3,8,10H2,1-2H3. The third-order valence-corrected chi connectivity index (χ3v) is 3.53. The highest BCUT2D eigenvalue weighted by Crippen LogP contribution is 2.23. The maximum atomic E-state index is 4.63. The number of nitrogens with zero attached hydrogens (tertiary/aromatic N) is 3. The molecule has 0 saturated heterocycles. The normalized spacial score (nSPS) is 11.1. The molecule has 0 aliphatic rings. The summed E-state index contributed by atoms with van der Waals surface area (Å²) in [5.74, 6) is 0.887. The second-order valence-electron chi connectivity index (χ2n) is 5.29. The van der Waals surface area contributed by atoms with Crippen LogP contribution >= 0.6 is 0 Å². The summed E-state index contributed by atoms with van der Waals surface area (Å²) in [7, 11) is 0. The zero-order chi connectivity index (χ0) is 14.7. The quantitative estimate of drug-likeness (QED) is 0.730. The first kappa shape index (κ1) is 13.8. The first-order chi connectivity index (χ1) is 10.3. The van der Waals surface area contributed by atoms with Crippen LogP contribution in [0, 0.1) is 6.92 Å². The highest BCUT2D eigenvalue weighted by molar-refractivity contribution is 5.90. The molecule has 0 unspecified atom stereocenters. The monoisotopic (exact) mass is 280 g/mol. The Morgan fingerprint density at radius 3 is 2.67 bits per heavy atom. The van der Waals surface area contributed by atoms with Crippen LogP contribution in [0.1, 0.15) is 24.5 Å². The van der Waals surface area contributed by atoms with Crippen molar-refractivity contribution in [2.45, 2.75) is 26.8 Å². The van der Waals surface area contributed by atoms with Crippen molar-refractivity contribution >= 4 is 10.8 Å². The van der Waals surface area contributed by atoms with Gasteiger partial charge < -0.3 is 5.32 Å². The van der Waals surface area contributed by atoms with Gasteiger partial charge in [-0.1, -0.05) is 31.2 Å². The molecule has 1 N–H and O–H groups in total. The summed E-state index contributed by atoms with van der Waals surface area (Å²) in [6.07, 6.45) is 6.95. The van der Waals surface area contributed by atoms with Crippen molar-refractivity contribution < 1.29 is 0 Å². The van der Waals surface area contributed by atoms with E-state index in [0.717, 1.165) is 36.3 Å². The predicted octanol–water partition coefficient (Wildman–Crippen LogP) is 3.23. The number of hydrogen-bond donors (Lipinski definition) is 1. The summed E-state index contributed by atoms with van der Waals surface area (Å²) in [6.45, 7) is 6.08. The third kappa shape index (κ3) is 2.81. The highest BCUT2D eigenvalue weighted by atomic mass is 15.3. The number of hydrogen-bond acceptors (Lipinski definition) is 3. The Morgan fingerprint density at radius 2 is 1.95 bits per heavy atom. The van der Waals surface area contributed by atoms with E-state index in [1.54, 1.807) is 0 Å². The number of rotatable bonds is 5. The van der Waals surface area contributed by atoms with Crippen LogP contribution in [0.2, 0.25) is 0 Å². The minimum atomic E-state index is 0.847. The molecule has 0 bridgehead atoms. The molecule has 4 nitrogen and oxygen atoms in total. The molecule has 0 radical (unpaired) electrons. The third-order valence-electron chi connectivity index (χ3n) is 3.53. The second kappa shape index (κ2) is 6.06. The van der Waals surface area contributed by atoms with Gasteiger partial charge in [0.05, 0.1) is 6.20 Å². The average Bonchev–Trinajstić information content (AvgIpc) is 2.94. The van der Waals surface area contributed by atoms with E-state index in [1.165, 1.54) is 10.9 Å². The molecule has 3 aromatic rings. The van der Waals surface area contributed by atoms with Crippen LogP contribution in [0.5, 0.6) is 0 Å². The van der Waals surface area contributed by atoms with Crippen LogP contribution in [0.3, 0.4) is 0 Å². The molecule has 108 valence electrons. The maximum Gasteiger partial charge on any atom is 0.161 e. The molecule has 0 aliphatic heterocycles. The molecule has 0 fully saturated rings. The van der Waals surface area contributed by atoms with Crippen LogP contribution in [-0.2, 0) is 6.54 Å². The molecule has 4 heteroatoms. The molecular formula is C17H20N4. The van der Waals surface area contributed by atoms with Crippen LogP contribution in [0.25, 0.3) is 16.6 Å². The Kier molecular flexibility index (Phi) is 3.97. The number of aryl methyl sites for hydroxylation is 1. The fraction of sp³-hybridized carbons (Fsp3) is 0.294. The zero-order valence-electron chi connectivity index (χ0n) is 12.5. The van der Waals surface area contributed by atoms with Gasteiger partial charge in [-0.2, -0.15) is 5.10 Å². The van der Waals surface area contributed by atoms with Gasteiger partial charge in [-0.3, -0.25) is 0 Å². The number of pyridine rings is 1. The van der Waals surface area contributed by atoms with E-state index in [9.17, 15) is 0 Å². The number of nitrogens with one attached hydrogen (secondary N) is 1. The van der Waals surface area contributed by atoms with E-state index in [2.05, 4.69) is 40.5 Å². The average molecular weight is 280 g/mol. The van der Waals surface area contributed by atoms with Crippen molar-refractivity contribution in [3.05, 3.63) is 54.0 Å². The molecular weight excluding hydrogens is 260 g/mol. The van der Waals surface area contributed by atoms with Gasteiger partial charge in [-0.15, -0.1) is 0 Å². The van der Waals surface area contributed by atoms with Gasteiger partial charge in [0.2, 0.25) is 0 Å².